The summed E-state index contributed by atoms with van der Waals surface area (Å²) >= 11 is 1.48. The maximum absolute atomic E-state index is 11.9. The van der Waals surface area contributed by atoms with Gasteiger partial charge in [-0.3, -0.25) is 9.59 Å². The van der Waals surface area contributed by atoms with Crippen molar-refractivity contribution >= 4 is 29.3 Å². The number of anilines is 1. The van der Waals surface area contributed by atoms with Gasteiger partial charge in [-0.1, -0.05) is 23.9 Å². The highest BCUT2D eigenvalue weighted by molar-refractivity contribution is 7.98. The molecule has 0 aliphatic rings. The Bertz CT molecular complexity index is 785. The van der Waals surface area contributed by atoms with Crippen LogP contribution in [0.15, 0.2) is 29.4 Å². The summed E-state index contributed by atoms with van der Waals surface area (Å²) in [6.45, 7) is 5.45. The lowest BCUT2D eigenvalue weighted by atomic mass is 10.1. The molecule has 2 rings (SSSR count). The van der Waals surface area contributed by atoms with Crippen molar-refractivity contribution in [3.63, 3.8) is 0 Å². The van der Waals surface area contributed by atoms with Crippen molar-refractivity contribution < 1.29 is 14.3 Å². The maximum Gasteiger partial charge on any atom is 0.306 e. The molecule has 2 aromatic rings. The lowest BCUT2D eigenvalue weighted by Gasteiger charge is -2.10. The standard InChI is InChI=1S/C19H23N3O3S/c1-12-6-5-7-15(10-12)22-17(23)11-25-18(24)9-8-16-13(2)20-19(26-4)21-14(16)3/h5-7,10H,8-9,11H2,1-4H3,(H,22,23). The van der Waals surface area contributed by atoms with Crippen molar-refractivity contribution in [2.75, 3.05) is 18.2 Å². The molecule has 0 bridgehead atoms. The topological polar surface area (TPSA) is 81.2 Å². The van der Waals surface area contributed by atoms with E-state index < -0.39 is 5.97 Å². The maximum atomic E-state index is 11.9. The van der Waals surface area contributed by atoms with Crippen molar-refractivity contribution in [3.8, 4) is 0 Å². The number of aryl methyl sites for hydroxylation is 3. The fourth-order valence-electron chi connectivity index (χ4n) is 2.53. The number of hydrogen-bond donors (Lipinski definition) is 1. The quantitative estimate of drug-likeness (QED) is 0.456. The number of rotatable bonds is 7. The van der Waals surface area contributed by atoms with Gasteiger partial charge in [0.2, 0.25) is 0 Å². The first-order valence-corrected chi connectivity index (χ1v) is 9.51. The Labute approximate surface area is 157 Å². The van der Waals surface area contributed by atoms with Crippen molar-refractivity contribution in [2.45, 2.75) is 38.8 Å². The van der Waals surface area contributed by atoms with Gasteiger partial charge in [-0.05, 0) is 56.7 Å². The van der Waals surface area contributed by atoms with Crippen molar-refractivity contribution in [2.24, 2.45) is 0 Å². The van der Waals surface area contributed by atoms with Crippen LogP contribution in [0.5, 0.6) is 0 Å². The van der Waals surface area contributed by atoms with Crippen LogP contribution in [-0.2, 0) is 20.7 Å². The van der Waals surface area contributed by atoms with Crippen molar-refractivity contribution in [1.82, 2.24) is 9.97 Å². The molecule has 0 saturated heterocycles. The van der Waals surface area contributed by atoms with E-state index in [0.29, 0.717) is 12.1 Å². The van der Waals surface area contributed by atoms with E-state index >= 15 is 0 Å². The second-order valence-corrected chi connectivity index (χ2v) is 6.71. The summed E-state index contributed by atoms with van der Waals surface area (Å²) in [6, 6.07) is 7.43. The Hall–Kier alpha value is -2.41. The van der Waals surface area contributed by atoms with Crippen LogP contribution in [0.2, 0.25) is 0 Å². The van der Waals surface area contributed by atoms with Crippen molar-refractivity contribution in [1.29, 1.82) is 0 Å². The van der Waals surface area contributed by atoms with Crippen molar-refractivity contribution in [3.05, 3.63) is 46.8 Å². The lowest BCUT2D eigenvalue weighted by Crippen LogP contribution is -2.21. The van der Waals surface area contributed by atoms with Gasteiger partial charge in [0, 0.05) is 23.5 Å². The molecular formula is C19H23N3O3S. The van der Waals surface area contributed by atoms with E-state index in [4.69, 9.17) is 4.74 Å². The number of hydrogen-bond acceptors (Lipinski definition) is 6. The molecule has 1 N–H and O–H groups in total. The molecule has 0 unspecified atom stereocenters. The molecule has 26 heavy (non-hydrogen) atoms. The average Bonchev–Trinajstić information content (AvgIpc) is 2.59. The molecule has 0 aliphatic heterocycles. The van der Waals surface area contributed by atoms with Gasteiger partial charge in [0.1, 0.15) is 0 Å². The number of esters is 1. The van der Waals surface area contributed by atoms with Crippen LogP contribution in [-0.4, -0.2) is 34.7 Å². The number of benzene rings is 1. The number of ether oxygens (including phenoxy) is 1. The van der Waals surface area contributed by atoms with Crippen LogP contribution < -0.4 is 5.32 Å². The molecule has 0 saturated carbocycles. The molecule has 7 heteroatoms. The number of nitrogens with zero attached hydrogens (tertiary/aromatic N) is 2. The highest BCUT2D eigenvalue weighted by atomic mass is 32.2. The molecule has 138 valence electrons. The number of carbonyl (C=O) groups excluding carboxylic acids is 2. The predicted octanol–water partition coefficient (Wildman–Crippen LogP) is 3.24. The molecule has 1 aromatic carbocycles. The van der Waals surface area contributed by atoms with Gasteiger partial charge in [0.05, 0.1) is 0 Å². The van der Waals surface area contributed by atoms with E-state index in [1.54, 1.807) is 6.07 Å². The molecule has 1 heterocycles. The second kappa shape index (κ2) is 9.33. The molecule has 6 nitrogen and oxygen atoms in total. The van der Waals surface area contributed by atoms with Crippen LogP contribution in [0.3, 0.4) is 0 Å². The number of amides is 1. The first-order chi connectivity index (χ1) is 12.4. The number of aromatic nitrogens is 2. The fraction of sp³-hybridized carbons (Fsp3) is 0.368. The molecule has 0 atom stereocenters. The van der Waals surface area contributed by atoms with E-state index in [1.807, 2.05) is 45.2 Å². The van der Waals surface area contributed by atoms with Crippen LogP contribution in [0.25, 0.3) is 0 Å². The molecule has 0 spiro atoms. The van der Waals surface area contributed by atoms with Gasteiger partial charge in [0.25, 0.3) is 5.91 Å². The zero-order chi connectivity index (χ0) is 19.1. The first kappa shape index (κ1) is 19.9. The zero-order valence-electron chi connectivity index (χ0n) is 15.5. The molecule has 1 amide bonds. The van der Waals surface area contributed by atoms with Gasteiger partial charge in [-0.15, -0.1) is 0 Å². The van der Waals surface area contributed by atoms with Crippen LogP contribution >= 0.6 is 11.8 Å². The smallest absolute Gasteiger partial charge is 0.306 e. The summed E-state index contributed by atoms with van der Waals surface area (Å²) in [6.07, 6.45) is 2.60. The van der Waals surface area contributed by atoms with Crippen LogP contribution in [0, 0.1) is 20.8 Å². The van der Waals surface area contributed by atoms with Crippen LogP contribution in [0.4, 0.5) is 5.69 Å². The Morgan fingerprint density at radius 1 is 1.15 bits per heavy atom. The summed E-state index contributed by atoms with van der Waals surface area (Å²) in [4.78, 5) is 32.6. The minimum Gasteiger partial charge on any atom is -0.456 e. The molecule has 0 fully saturated rings. The number of nitrogens with one attached hydrogen (secondary N) is 1. The van der Waals surface area contributed by atoms with E-state index in [2.05, 4.69) is 15.3 Å². The summed E-state index contributed by atoms with van der Waals surface area (Å²) in [5, 5.41) is 3.43. The summed E-state index contributed by atoms with van der Waals surface area (Å²) in [7, 11) is 0. The highest BCUT2D eigenvalue weighted by Gasteiger charge is 2.12. The largest absolute Gasteiger partial charge is 0.456 e. The summed E-state index contributed by atoms with van der Waals surface area (Å²) < 4.78 is 5.06. The average molecular weight is 373 g/mol. The lowest BCUT2D eigenvalue weighted by molar-refractivity contribution is -0.147. The van der Waals surface area contributed by atoms with Gasteiger partial charge >= 0.3 is 5.97 Å². The van der Waals surface area contributed by atoms with Gasteiger partial charge in [-0.25, -0.2) is 9.97 Å². The minimum absolute atomic E-state index is 0.182. The van der Waals surface area contributed by atoms with E-state index in [1.165, 1.54) is 11.8 Å². The fourth-order valence-corrected chi connectivity index (χ4v) is 2.98. The van der Waals surface area contributed by atoms with Gasteiger partial charge in [-0.2, -0.15) is 0 Å². The Morgan fingerprint density at radius 3 is 2.46 bits per heavy atom. The third kappa shape index (κ3) is 5.84. The minimum atomic E-state index is -0.419. The Balaban J connectivity index is 1.81. The third-order valence-corrected chi connectivity index (χ3v) is 4.38. The second-order valence-electron chi connectivity index (χ2n) is 5.94. The van der Waals surface area contributed by atoms with Gasteiger partial charge < -0.3 is 10.1 Å². The van der Waals surface area contributed by atoms with Crippen LogP contribution in [0.1, 0.15) is 28.9 Å². The summed E-state index contributed by atoms with van der Waals surface area (Å²) in [5.41, 5.74) is 4.41. The Morgan fingerprint density at radius 2 is 1.85 bits per heavy atom. The predicted molar refractivity (Wildman–Crippen MR) is 102 cm³/mol. The molecular weight excluding hydrogens is 350 g/mol. The normalized spacial score (nSPS) is 10.5. The monoisotopic (exact) mass is 373 g/mol. The zero-order valence-corrected chi connectivity index (χ0v) is 16.3. The van der Waals surface area contributed by atoms with E-state index in [0.717, 1.165) is 27.7 Å². The first-order valence-electron chi connectivity index (χ1n) is 8.29. The molecule has 0 aliphatic carbocycles. The molecule has 1 aromatic heterocycles. The Kier molecular flexibility index (Phi) is 7.15. The van der Waals surface area contributed by atoms with Gasteiger partial charge in [0.15, 0.2) is 11.8 Å². The molecule has 0 radical (unpaired) electrons. The number of carbonyl (C=O) groups is 2. The van der Waals surface area contributed by atoms with E-state index in [-0.39, 0.29) is 18.9 Å². The van der Waals surface area contributed by atoms with E-state index in [9.17, 15) is 9.59 Å². The summed E-state index contributed by atoms with van der Waals surface area (Å²) in [5.74, 6) is -0.777. The highest BCUT2D eigenvalue weighted by Crippen LogP contribution is 2.17. The SMILES string of the molecule is CSc1nc(C)c(CCC(=O)OCC(=O)Nc2cccc(C)c2)c(C)n1. The third-order valence-electron chi connectivity index (χ3n) is 3.83. The number of thioether (sulfide) groups is 1.